The summed E-state index contributed by atoms with van der Waals surface area (Å²) < 4.78 is 6.37. The van der Waals surface area contributed by atoms with Gasteiger partial charge in [0.1, 0.15) is 5.75 Å². The number of carbonyl (C=O) groups excluding carboxylic acids is 2. The first kappa shape index (κ1) is 19.7. The summed E-state index contributed by atoms with van der Waals surface area (Å²) in [6.07, 6.45) is 1.36. The second kappa shape index (κ2) is 8.76. The van der Waals surface area contributed by atoms with Gasteiger partial charge in [-0.05, 0) is 72.1 Å². The standard InChI is InChI=1S/C20H20BrClN2O3/c1-13(27-18-8-7-15(22)12-17(18)21)19(25)23-16-6-4-5-14(11-16)20(26)24-9-2-3-10-24/h4-8,11-13H,2-3,9-10H2,1H3,(H,23,25). The van der Waals surface area contributed by atoms with Gasteiger partial charge in [0.2, 0.25) is 0 Å². The molecule has 5 nitrogen and oxygen atoms in total. The third kappa shape index (κ3) is 5.02. The van der Waals surface area contributed by atoms with Crippen molar-refractivity contribution >= 4 is 45.0 Å². The van der Waals surface area contributed by atoms with E-state index in [0.29, 0.717) is 26.5 Å². The first-order valence-electron chi connectivity index (χ1n) is 8.76. The van der Waals surface area contributed by atoms with E-state index >= 15 is 0 Å². The molecule has 1 aliphatic rings. The molecule has 1 saturated heterocycles. The predicted octanol–water partition coefficient (Wildman–Crippen LogP) is 4.74. The molecule has 7 heteroatoms. The molecule has 1 heterocycles. The highest BCUT2D eigenvalue weighted by atomic mass is 79.9. The van der Waals surface area contributed by atoms with Crippen molar-refractivity contribution in [1.29, 1.82) is 0 Å². The van der Waals surface area contributed by atoms with Crippen LogP contribution in [0.25, 0.3) is 0 Å². The molecule has 0 aromatic heterocycles. The summed E-state index contributed by atoms with van der Waals surface area (Å²) in [5.41, 5.74) is 1.14. The number of anilines is 1. The van der Waals surface area contributed by atoms with Crippen LogP contribution in [0, 0.1) is 0 Å². The van der Waals surface area contributed by atoms with Crippen molar-refractivity contribution in [2.24, 2.45) is 0 Å². The Bertz CT molecular complexity index is 853. The zero-order valence-electron chi connectivity index (χ0n) is 14.9. The molecule has 0 saturated carbocycles. The summed E-state index contributed by atoms with van der Waals surface area (Å²) in [6, 6.07) is 12.1. The maximum Gasteiger partial charge on any atom is 0.265 e. The summed E-state index contributed by atoms with van der Waals surface area (Å²) in [7, 11) is 0. The Morgan fingerprint density at radius 3 is 2.63 bits per heavy atom. The molecule has 0 spiro atoms. The van der Waals surface area contributed by atoms with E-state index in [1.807, 2.05) is 4.90 Å². The second-order valence-corrected chi connectivity index (χ2v) is 7.69. The van der Waals surface area contributed by atoms with Crippen LogP contribution in [0.3, 0.4) is 0 Å². The Morgan fingerprint density at radius 1 is 1.19 bits per heavy atom. The topological polar surface area (TPSA) is 58.6 Å². The Balaban J connectivity index is 1.64. The molecule has 0 bridgehead atoms. The molecule has 2 amide bonds. The average molecular weight is 452 g/mol. The van der Waals surface area contributed by atoms with E-state index in [4.69, 9.17) is 16.3 Å². The van der Waals surface area contributed by atoms with Gasteiger partial charge >= 0.3 is 0 Å². The largest absolute Gasteiger partial charge is 0.480 e. The number of hydrogen-bond donors (Lipinski definition) is 1. The molecule has 3 rings (SSSR count). The zero-order valence-corrected chi connectivity index (χ0v) is 17.2. The zero-order chi connectivity index (χ0) is 19.4. The Hall–Kier alpha value is -2.05. The minimum Gasteiger partial charge on any atom is -0.480 e. The SMILES string of the molecule is CC(Oc1ccc(Cl)cc1Br)C(=O)Nc1cccc(C(=O)N2CCCC2)c1. The number of likely N-dealkylation sites (tertiary alicyclic amines) is 1. The summed E-state index contributed by atoms with van der Waals surface area (Å²) in [5.74, 6) is 0.223. The van der Waals surface area contributed by atoms with Gasteiger partial charge < -0.3 is 15.0 Å². The number of ether oxygens (including phenoxy) is 1. The first-order valence-corrected chi connectivity index (χ1v) is 9.93. The lowest BCUT2D eigenvalue weighted by Crippen LogP contribution is -2.30. The number of nitrogens with one attached hydrogen (secondary N) is 1. The van der Waals surface area contributed by atoms with E-state index < -0.39 is 6.10 Å². The maximum absolute atomic E-state index is 12.5. The summed E-state index contributed by atoms with van der Waals surface area (Å²) in [5, 5.41) is 3.38. The van der Waals surface area contributed by atoms with E-state index in [-0.39, 0.29) is 11.8 Å². The number of carbonyl (C=O) groups is 2. The normalized spacial score (nSPS) is 14.7. The van der Waals surface area contributed by atoms with Crippen molar-refractivity contribution < 1.29 is 14.3 Å². The minimum atomic E-state index is -0.722. The highest BCUT2D eigenvalue weighted by Gasteiger charge is 2.21. The highest BCUT2D eigenvalue weighted by molar-refractivity contribution is 9.10. The average Bonchev–Trinajstić information content (AvgIpc) is 3.18. The van der Waals surface area contributed by atoms with Crippen LogP contribution in [0.1, 0.15) is 30.1 Å². The molecule has 1 fully saturated rings. The minimum absolute atomic E-state index is 0.00186. The van der Waals surface area contributed by atoms with Crippen molar-refractivity contribution in [3.05, 3.63) is 57.5 Å². The van der Waals surface area contributed by atoms with Gasteiger partial charge in [0.25, 0.3) is 11.8 Å². The lowest BCUT2D eigenvalue weighted by molar-refractivity contribution is -0.122. The monoisotopic (exact) mass is 450 g/mol. The van der Waals surface area contributed by atoms with Crippen molar-refractivity contribution in [1.82, 2.24) is 4.90 Å². The molecule has 0 aliphatic carbocycles. The molecule has 2 aromatic carbocycles. The molecule has 0 radical (unpaired) electrons. The third-order valence-corrected chi connectivity index (χ3v) is 5.19. The quantitative estimate of drug-likeness (QED) is 0.714. The lowest BCUT2D eigenvalue weighted by atomic mass is 10.1. The number of benzene rings is 2. The van der Waals surface area contributed by atoms with E-state index in [9.17, 15) is 9.59 Å². The van der Waals surface area contributed by atoms with Gasteiger partial charge in [-0.15, -0.1) is 0 Å². The summed E-state index contributed by atoms with van der Waals surface area (Å²) in [6.45, 7) is 3.24. The highest BCUT2D eigenvalue weighted by Crippen LogP contribution is 2.29. The van der Waals surface area contributed by atoms with Crippen molar-refractivity contribution in [2.45, 2.75) is 25.9 Å². The fourth-order valence-electron chi connectivity index (χ4n) is 2.89. The number of rotatable bonds is 5. The maximum atomic E-state index is 12.5. The van der Waals surface area contributed by atoms with Crippen molar-refractivity contribution in [3.63, 3.8) is 0 Å². The predicted molar refractivity (Wildman–Crippen MR) is 109 cm³/mol. The van der Waals surface area contributed by atoms with Gasteiger partial charge in [-0.3, -0.25) is 9.59 Å². The Morgan fingerprint density at radius 2 is 1.93 bits per heavy atom. The molecule has 27 heavy (non-hydrogen) atoms. The third-order valence-electron chi connectivity index (χ3n) is 4.34. The molecular weight excluding hydrogens is 432 g/mol. The molecule has 142 valence electrons. The van der Waals surface area contributed by atoms with Gasteiger partial charge in [0.15, 0.2) is 6.10 Å². The van der Waals surface area contributed by atoms with Crippen LogP contribution >= 0.6 is 27.5 Å². The molecule has 1 N–H and O–H groups in total. The van der Waals surface area contributed by atoms with Gasteiger partial charge in [0, 0.05) is 29.4 Å². The van der Waals surface area contributed by atoms with Crippen LogP contribution in [0.2, 0.25) is 5.02 Å². The van der Waals surface area contributed by atoms with Crippen LogP contribution in [0.4, 0.5) is 5.69 Å². The van der Waals surface area contributed by atoms with Gasteiger partial charge in [-0.25, -0.2) is 0 Å². The van der Waals surface area contributed by atoms with Gasteiger partial charge in [-0.1, -0.05) is 17.7 Å². The fraction of sp³-hybridized carbons (Fsp3) is 0.300. The number of amides is 2. The van der Waals surface area contributed by atoms with Crippen LogP contribution < -0.4 is 10.1 Å². The Labute approximate surface area is 171 Å². The van der Waals surface area contributed by atoms with Crippen LogP contribution in [-0.2, 0) is 4.79 Å². The fourth-order valence-corrected chi connectivity index (χ4v) is 3.67. The Kier molecular flexibility index (Phi) is 6.39. The van der Waals surface area contributed by atoms with Crippen LogP contribution in [-0.4, -0.2) is 35.9 Å². The van der Waals surface area contributed by atoms with Gasteiger partial charge in [0.05, 0.1) is 4.47 Å². The second-order valence-electron chi connectivity index (χ2n) is 6.40. The summed E-state index contributed by atoms with van der Waals surface area (Å²) in [4.78, 5) is 26.8. The van der Waals surface area contributed by atoms with E-state index in [1.54, 1.807) is 49.4 Å². The lowest BCUT2D eigenvalue weighted by Gasteiger charge is -2.17. The van der Waals surface area contributed by atoms with Gasteiger partial charge in [-0.2, -0.15) is 0 Å². The number of nitrogens with zero attached hydrogens (tertiary/aromatic N) is 1. The van der Waals surface area contributed by atoms with E-state index in [1.165, 1.54) is 0 Å². The number of hydrogen-bond acceptors (Lipinski definition) is 3. The smallest absolute Gasteiger partial charge is 0.265 e. The molecule has 1 atom stereocenters. The summed E-state index contributed by atoms with van der Waals surface area (Å²) >= 11 is 9.28. The first-order chi connectivity index (χ1) is 12.9. The van der Waals surface area contributed by atoms with E-state index in [0.717, 1.165) is 25.9 Å². The van der Waals surface area contributed by atoms with E-state index in [2.05, 4.69) is 21.2 Å². The van der Waals surface area contributed by atoms with Crippen molar-refractivity contribution in [3.8, 4) is 5.75 Å². The van der Waals surface area contributed by atoms with Crippen LogP contribution in [0.15, 0.2) is 46.9 Å². The molecule has 1 aliphatic heterocycles. The number of halogens is 2. The molecule has 2 aromatic rings. The van der Waals surface area contributed by atoms with Crippen LogP contribution in [0.5, 0.6) is 5.75 Å². The molecular formula is C20H20BrClN2O3. The van der Waals surface area contributed by atoms with Crippen molar-refractivity contribution in [2.75, 3.05) is 18.4 Å². The molecule has 1 unspecified atom stereocenters.